The van der Waals surface area contributed by atoms with Crippen molar-refractivity contribution in [2.24, 2.45) is 58.0 Å². The Morgan fingerprint density at radius 2 is 1.70 bits per heavy atom. The Kier molecular flexibility index (Phi) is 6.75. The highest BCUT2D eigenvalue weighted by Gasteiger charge is 2.67. The second kappa shape index (κ2) is 8.89. The minimum atomic E-state index is -0.789. The Bertz CT molecular complexity index is 774. The van der Waals surface area contributed by atoms with E-state index in [1.54, 1.807) is 0 Å². The van der Waals surface area contributed by atoms with Crippen molar-refractivity contribution in [3.8, 4) is 0 Å². The van der Waals surface area contributed by atoms with Crippen molar-refractivity contribution in [3.63, 3.8) is 0 Å². The number of aliphatic hydroxyl groups excluding tert-OH is 3. The molecule has 0 spiro atoms. The average Bonchev–Trinajstić information content (AvgIpc) is 3.11. The second-order valence-electron chi connectivity index (χ2n) is 12.2. The van der Waals surface area contributed by atoms with Gasteiger partial charge in [-0.15, -0.1) is 0 Å². The first kappa shape index (κ1) is 25.1. The zero-order valence-electron chi connectivity index (χ0n) is 20.3. The van der Waals surface area contributed by atoms with Gasteiger partial charge in [-0.1, -0.05) is 20.8 Å². The summed E-state index contributed by atoms with van der Waals surface area (Å²) in [5, 5.41) is 42.7. The molecule has 0 radical (unpaired) electrons. The number of carbonyl (C=O) groups is 2. The molecule has 4 rings (SSSR count). The summed E-state index contributed by atoms with van der Waals surface area (Å²) in [6, 6.07) is 0. The van der Waals surface area contributed by atoms with E-state index in [-0.39, 0.29) is 65.6 Å². The van der Waals surface area contributed by atoms with Crippen molar-refractivity contribution < 1.29 is 30.0 Å². The SMILES string of the molecule is C[C@H](CCC(=O)O)[C@H]1CCC2C3C(O)C[C@@H]4C[C@H](O)CC(C(=O)CN)[C@]4(C)C3C[C@H](O)[C@@]21C. The molecule has 0 bridgehead atoms. The van der Waals surface area contributed by atoms with Crippen LogP contribution in [0.3, 0.4) is 0 Å². The van der Waals surface area contributed by atoms with Gasteiger partial charge in [0.25, 0.3) is 0 Å². The number of hydrogen-bond donors (Lipinski definition) is 5. The predicted octanol–water partition coefficient (Wildman–Crippen LogP) is 2.20. The van der Waals surface area contributed by atoms with Gasteiger partial charge in [0, 0.05) is 12.3 Å². The fourth-order valence-electron chi connectivity index (χ4n) is 9.41. The van der Waals surface area contributed by atoms with E-state index in [0.29, 0.717) is 32.1 Å². The summed E-state index contributed by atoms with van der Waals surface area (Å²) >= 11 is 0. The molecule has 4 aliphatic carbocycles. The fourth-order valence-corrected chi connectivity index (χ4v) is 9.41. The van der Waals surface area contributed by atoms with Crippen molar-refractivity contribution in [2.75, 3.05) is 6.54 Å². The molecule has 33 heavy (non-hydrogen) atoms. The molecule has 4 fully saturated rings. The number of nitrogens with two attached hydrogens (primary N) is 1. The zero-order valence-corrected chi connectivity index (χ0v) is 20.3. The highest BCUT2D eigenvalue weighted by Crippen LogP contribution is 2.69. The number of aliphatic carboxylic acids is 1. The minimum Gasteiger partial charge on any atom is -0.481 e. The van der Waals surface area contributed by atoms with Crippen LogP contribution in [0.1, 0.15) is 72.1 Å². The Labute approximate surface area is 197 Å². The van der Waals surface area contributed by atoms with Gasteiger partial charge in [-0.25, -0.2) is 0 Å². The number of aliphatic hydroxyl groups is 3. The molecule has 6 N–H and O–H groups in total. The lowest BCUT2D eigenvalue weighted by molar-refractivity contribution is -0.221. The number of hydrogen-bond acceptors (Lipinski definition) is 6. The molecule has 0 aliphatic heterocycles. The smallest absolute Gasteiger partial charge is 0.303 e. The van der Waals surface area contributed by atoms with Crippen LogP contribution in [0.5, 0.6) is 0 Å². The summed E-state index contributed by atoms with van der Waals surface area (Å²) in [7, 11) is 0. The van der Waals surface area contributed by atoms with Crippen LogP contribution in [0.2, 0.25) is 0 Å². The van der Waals surface area contributed by atoms with Gasteiger partial charge in [0.15, 0.2) is 0 Å². The summed E-state index contributed by atoms with van der Waals surface area (Å²) in [6.07, 6.45) is 3.03. The molecule has 12 atom stereocenters. The van der Waals surface area contributed by atoms with Gasteiger partial charge in [0.1, 0.15) is 5.78 Å². The summed E-state index contributed by atoms with van der Waals surface area (Å²) in [5.41, 5.74) is 5.02. The largest absolute Gasteiger partial charge is 0.481 e. The lowest BCUT2D eigenvalue weighted by Gasteiger charge is -2.65. The summed E-state index contributed by atoms with van der Waals surface area (Å²) in [5.74, 6) is -0.598. The topological polar surface area (TPSA) is 141 Å². The van der Waals surface area contributed by atoms with Crippen LogP contribution in [0.25, 0.3) is 0 Å². The number of rotatable bonds is 6. The van der Waals surface area contributed by atoms with Crippen LogP contribution in [-0.2, 0) is 9.59 Å². The first-order valence-electron chi connectivity index (χ1n) is 12.9. The Balaban J connectivity index is 1.68. The highest BCUT2D eigenvalue weighted by molar-refractivity contribution is 5.83. The molecule has 4 saturated carbocycles. The number of carboxylic acid groups (broad SMARTS) is 1. The molecule has 4 aliphatic rings. The predicted molar refractivity (Wildman–Crippen MR) is 123 cm³/mol. The summed E-state index contributed by atoms with van der Waals surface area (Å²) in [6.45, 7) is 6.37. The van der Waals surface area contributed by atoms with Crippen LogP contribution >= 0.6 is 0 Å². The molecule has 5 unspecified atom stereocenters. The Hall–Kier alpha value is -1.02. The maximum atomic E-state index is 13.0. The van der Waals surface area contributed by atoms with Gasteiger partial charge in [0.05, 0.1) is 24.9 Å². The van der Waals surface area contributed by atoms with Gasteiger partial charge in [-0.05, 0) is 91.3 Å². The third kappa shape index (κ3) is 3.78. The van der Waals surface area contributed by atoms with E-state index in [4.69, 9.17) is 10.8 Å². The van der Waals surface area contributed by atoms with Crippen LogP contribution in [0.15, 0.2) is 0 Å². The zero-order chi connectivity index (χ0) is 24.3. The van der Waals surface area contributed by atoms with Gasteiger partial charge < -0.3 is 26.2 Å². The second-order valence-corrected chi connectivity index (χ2v) is 12.2. The first-order chi connectivity index (χ1) is 15.5. The molecule has 0 saturated heterocycles. The van der Waals surface area contributed by atoms with Gasteiger partial charge >= 0.3 is 5.97 Å². The molecular weight excluding hydrogens is 422 g/mol. The van der Waals surface area contributed by atoms with Crippen molar-refractivity contribution in [1.82, 2.24) is 0 Å². The molecule has 0 aromatic rings. The lowest BCUT2D eigenvalue weighted by Crippen LogP contribution is -2.65. The molecule has 0 aromatic heterocycles. The average molecular weight is 466 g/mol. The normalized spacial score (nSPS) is 50.1. The number of Topliss-reactive ketones (excluding diaryl/α,β-unsaturated/α-hetero) is 1. The van der Waals surface area contributed by atoms with Crippen LogP contribution in [0, 0.1) is 52.3 Å². The molecular formula is C26H43NO6. The molecule has 7 heteroatoms. The van der Waals surface area contributed by atoms with Crippen molar-refractivity contribution in [2.45, 2.75) is 90.4 Å². The van der Waals surface area contributed by atoms with E-state index < -0.39 is 29.7 Å². The first-order valence-corrected chi connectivity index (χ1v) is 12.9. The van der Waals surface area contributed by atoms with E-state index >= 15 is 0 Å². The van der Waals surface area contributed by atoms with Crippen LogP contribution in [-0.4, -0.2) is 57.0 Å². The van der Waals surface area contributed by atoms with Crippen molar-refractivity contribution >= 4 is 11.8 Å². The Morgan fingerprint density at radius 1 is 1.00 bits per heavy atom. The summed E-state index contributed by atoms with van der Waals surface area (Å²) < 4.78 is 0. The minimum absolute atomic E-state index is 0.000332. The third-order valence-corrected chi connectivity index (χ3v) is 11.1. The number of carbonyl (C=O) groups excluding carboxylic acids is 1. The number of fused-ring (bicyclic) bond motifs is 5. The van der Waals surface area contributed by atoms with E-state index in [2.05, 4.69) is 20.8 Å². The van der Waals surface area contributed by atoms with Gasteiger partial charge in [0.2, 0.25) is 0 Å². The molecule has 0 aromatic carbocycles. The maximum absolute atomic E-state index is 13.0. The maximum Gasteiger partial charge on any atom is 0.303 e. The van der Waals surface area contributed by atoms with Crippen LogP contribution in [0.4, 0.5) is 0 Å². The van der Waals surface area contributed by atoms with Gasteiger partial charge in [-0.2, -0.15) is 0 Å². The van der Waals surface area contributed by atoms with Crippen molar-refractivity contribution in [3.05, 3.63) is 0 Å². The molecule has 0 amide bonds. The molecule has 7 nitrogen and oxygen atoms in total. The van der Waals surface area contributed by atoms with E-state index in [1.807, 2.05) is 0 Å². The molecule has 0 heterocycles. The third-order valence-electron chi connectivity index (χ3n) is 11.1. The quantitative estimate of drug-likeness (QED) is 0.405. The monoisotopic (exact) mass is 465 g/mol. The standard InChI is InChI=1S/C26H43NO6/c1-13(4-7-23(32)33)16-5-6-17-24-19(11-22(31)26(16,17)3)25(2)14(9-20(24)29)8-15(28)10-18(25)21(30)12-27/h13-20,22,24,28-29,31H,4-12,27H2,1-3H3,(H,32,33)/t13-,14+,15+,16-,17?,18?,19?,20?,22+,24?,25-,26-/m1/s1. The fraction of sp³-hybridized carbons (Fsp3) is 0.923. The number of carboxylic acids is 1. The van der Waals surface area contributed by atoms with E-state index in [9.17, 15) is 24.9 Å². The number of ketones is 1. The van der Waals surface area contributed by atoms with Crippen LogP contribution < -0.4 is 5.73 Å². The van der Waals surface area contributed by atoms with E-state index in [1.165, 1.54) is 0 Å². The van der Waals surface area contributed by atoms with Crippen molar-refractivity contribution in [1.29, 1.82) is 0 Å². The summed E-state index contributed by atoms with van der Waals surface area (Å²) in [4.78, 5) is 24.1. The lowest BCUT2D eigenvalue weighted by atomic mass is 9.40. The Morgan fingerprint density at radius 3 is 2.33 bits per heavy atom. The molecule has 188 valence electrons. The highest BCUT2D eigenvalue weighted by atomic mass is 16.4. The van der Waals surface area contributed by atoms with Gasteiger partial charge in [-0.3, -0.25) is 9.59 Å². The van der Waals surface area contributed by atoms with E-state index in [0.717, 1.165) is 12.8 Å².